The zero-order valence-corrected chi connectivity index (χ0v) is 24.4. The highest BCUT2D eigenvalue weighted by Crippen LogP contribution is 2.29. The molecule has 1 amide bonds. The van der Waals surface area contributed by atoms with Gasteiger partial charge < -0.3 is 26.8 Å². The van der Waals surface area contributed by atoms with Gasteiger partial charge in [-0.3, -0.25) is 10.00 Å². The molecule has 3 aromatic carbocycles. The SMILES string of the molecule is CC[NH+](CC)CCCOc1nn(Cc2ccc(Cl)cc2)c2ccc(NC(=O)Oc3ccc(Br)cc3)cc12.[Cl-]. The van der Waals surface area contributed by atoms with Crippen molar-refractivity contribution >= 4 is 50.2 Å². The minimum Gasteiger partial charge on any atom is -1.00 e. The minimum atomic E-state index is -0.570. The fourth-order valence-electron chi connectivity index (χ4n) is 4.07. The Morgan fingerprint density at radius 1 is 1.05 bits per heavy atom. The van der Waals surface area contributed by atoms with Crippen molar-refractivity contribution in [1.82, 2.24) is 9.78 Å². The number of hydrogen-bond donors (Lipinski definition) is 2. The molecule has 38 heavy (non-hydrogen) atoms. The number of hydrogen-bond acceptors (Lipinski definition) is 4. The van der Waals surface area contributed by atoms with Gasteiger partial charge in [0.15, 0.2) is 0 Å². The molecule has 0 atom stereocenters. The van der Waals surface area contributed by atoms with E-state index in [0.29, 0.717) is 35.5 Å². The summed E-state index contributed by atoms with van der Waals surface area (Å²) in [6.45, 7) is 8.77. The zero-order chi connectivity index (χ0) is 26.2. The maximum atomic E-state index is 12.5. The molecule has 0 unspecified atom stereocenters. The molecule has 0 aliphatic rings. The van der Waals surface area contributed by atoms with Crippen molar-refractivity contribution in [2.45, 2.75) is 26.8 Å². The van der Waals surface area contributed by atoms with Crippen LogP contribution in [-0.4, -0.2) is 42.1 Å². The highest BCUT2D eigenvalue weighted by atomic mass is 79.9. The van der Waals surface area contributed by atoms with Gasteiger partial charge in [-0.2, -0.15) is 0 Å². The van der Waals surface area contributed by atoms with Gasteiger partial charge >= 0.3 is 6.09 Å². The molecule has 0 aliphatic carbocycles. The molecule has 1 aromatic heterocycles. The molecule has 2 N–H and O–H groups in total. The largest absolute Gasteiger partial charge is 1.00 e. The average Bonchev–Trinajstić information content (AvgIpc) is 3.23. The first-order valence-corrected chi connectivity index (χ1v) is 13.6. The first-order valence-electron chi connectivity index (χ1n) is 12.4. The Labute approximate surface area is 242 Å². The normalized spacial score (nSPS) is 10.9. The number of aromatic nitrogens is 2. The van der Waals surface area contributed by atoms with E-state index in [0.717, 1.165) is 47.0 Å². The van der Waals surface area contributed by atoms with Gasteiger partial charge in [-0.05, 0) is 74.0 Å². The minimum absolute atomic E-state index is 0. The van der Waals surface area contributed by atoms with Gasteiger partial charge in [0.2, 0.25) is 5.88 Å². The Morgan fingerprint density at radius 2 is 1.76 bits per heavy atom. The number of carbonyl (C=O) groups excluding carboxylic acids is 1. The maximum absolute atomic E-state index is 12.5. The first-order chi connectivity index (χ1) is 17.9. The second-order valence-electron chi connectivity index (χ2n) is 8.70. The summed E-state index contributed by atoms with van der Waals surface area (Å²) >= 11 is 9.43. The molecule has 10 heteroatoms. The van der Waals surface area contributed by atoms with Gasteiger partial charge in [-0.25, -0.2) is 4.79 Å². The summed E-state index contributed by atoms with van der Waals surface area (Å²) in [7, 11) is 0. The van der Waals surface area contributed by atoms with Crippen molar-refractivity contribution < 1.29 is 31.6 Å². The Bertz CT molecular complexity index is 1330. The number of carbonyl (C=O) groups is 1. The molecule has 4 rings (SSSR count). The molecule has 0 spiro atoms. The van der Waals surface area contributed by atoms with Crippen LogP contribution in [0, 0.1) is 0 Å². The Balaban J connectivity index is 0.00000400. The third kappa shape index (κ3) is 8.11. The second kappa shape index (κ2) is 14.4. The molecule has 0 radical (unpaired) electrons. The van der Waals surface area contributed by atoms with E-state index in [1.54, 1.807) is 12.1 Å². The van der Waals surface area contributed by atoms with Crippen molar-refractivity contribution in [3.05, 3.63) is 81.8 Å². The number of anilines is 1. The predicted octanol–water partition coefficient (Wildman–Crippen LogP) is 2.81. The lowest BCUT2D eigenvalue weighted by molar-refractivity contribution is -0.896. The van der Waals surface area contributed by atoms with E-state index in [2.05, 4.69) is 35.1 Å². The fraction of sp³-hybridized carbons (Fsp3) is 0.286. The molecule has 1 heterocycles. The van der Waals surface area contributed by atoms with Gasteiger partial charge in [0.1, 0.15) is 5.75 Å². The van der Waals surface area contributed by atoms with Crippen LogP contribution in [0.1, 0.15) is 25.8 Å². The standard InChI is InChI=1S/C28H30BrClN4O3.ClH/c1-3-33(4-2)16-5-17-36-27-25-18-23(31-28(35)37-24-13-8-21(29)9-14-24)12-15-26(25)34(32-27)19-20-6-10-22(30)11-7-20;/h6-15,18H,3-5,16-17,19H2,1-2H3,(H,31,35);1H. The highest BCUT2D eigenvalue weighted by Gasteiger charge is 2.15. The smallest absolute Gasteiger partial charge is 0.417 e. The second-order valence-corrected chi connectivity index (χ2v) is 10.1. The number of fused-ring (bicyclic) bond motifs is 1. The molecule has 4 aromatic rings. The van der Waals surface area contributed by atoms with Crippen LogP contribution in [0.4, 0.5) is 10.5 Å². The van der Waals surface area contributed by atoms with Gasteiger partial charge in [-0.15, -0.1) is 5.10 Å². The first kappa shape index (κ1) is 29.8. The van der Waals surface area contributed by atoms with Crippen LogP contribution in [0.3, 0.4) is 0 Å². The van der Waals surface area contributed by atoms with Gasteiger partial charge in [0.05, 0.1) is 43.7 Å². The highest BCUT2D eigenvalue weighted by molar-refractivity contribution is 9.10. The summed E-state index contributed by atoms with van der Waals surface area (Å²) in [5.74, 6) is 1.00. The van der Waals surface area contributed by atoms with Gasteiger partial charge in [0, 0.05) is 21.6 Å². The predicted molar refractivity (Wildman–Crippen MR) is 151 cm³/mol. The van der Waals surface area contributed by atoms with Crippen LogP contribution in [0.5, 0.6) is 11.6 Å². The number of nitrogens with zero attached hydrogens (tertiary/aromatic N) is 2. The van der Waals surface area contributed by atoms with Crippen molar-refractivity contribution in [1.29, 1.82) is 0 Å². The lowest BCUT2D eigenvalue weighted by Crippen LogP contribution is -3.11. The Kier molecular flexibility index (Phi) is 11.3. The molecule has 0 fully saturated rings. The zero-order valence-electron chi connectivity index (χ0n) is 21.3. The van der Waals surface area contributed by atoms with Crippen LogP contribution < -0.4 is 32.1 Å². The van der Waals surface area contributed by atoms with Crippen LogP contribution in [-0.2, 0) is 6.54 Å². The van der Waals surface area contributed by atoms with Crippen molar-refractivity contribution in [3.63, 3.8) is 0 Å². The summed E-state index contributed by atoms with van der Waals surface area (Å²) in [5.41, 5.74) is 2.58. The Hall–Kier alpha value is -2.78. The van der Waals surface area contributed by atoms with Crippen molar-refractivity contribution in [2.75, 3.05) is 31.6 Å². The van der Waals surface area contributed by atoms with Crippen LogP contribution in [0.25, 0.3) is 10.9 Å². The third-order valence-electron chi connectivity index (χ3n) is 6.15. The van der Waals surface area contributed by atoms with E-state index in [9.17, 15) is 4.79 Å². The van der Waals surface area contributed by atoms with Crippen molar-refractivity contribution in [3.8, 4) is 11.6 Å². The lowest BCUT2D eigenvalue weighted by atomic mass is 10.2. The number of quaternary nitrogens is 1. The molecular weight excluding hydrogens is 591 g/mol. The molecule has 0 saturated carbocycles. The molecule has 7 nitrogen and oxygen atoms in total. The maximum Gasteiger partial charge on any atom is 0.417 e. The molecule has 0 aliphatic heterocycles. The summed E-state index contributed by atoms with van der Waals surface area (Å²) < 4.78 is 14.4. The summed E-state index contributed by atoms with van der Waals surface area (Å²) in [4.78, 5) is 14.0. The van der Waals surface area contributed by atoms with E-state index < -0.39 is 6.09 Å². The van der Waals surface area contributed by atoms with Crippen LogP contribution >= 0.6 is 27.5 Å². The number of rotatable bonds is 11. The number of nitrogens with one attached hydrogen (secondary N) is 2. The van der Waals surface area contributed by atoms with Crippen LogP contribution in [0.2, 0.25) is 5.02 Å². The molecule has 0 saturated heterocycles. The van der Waals surface area contributed by atoms with Crippen molar-refractivity contribution in [2.24, 2.45) is 0 Å². The quantitative estimate of drug-likeness (QED) is 0.253. The number of halogens is 3. The molecular formula is C28H31BrCl2N4O3. The van der Waals surface area contributed by atoms with Crippen LogP contribution in [0.15, 0.2) is 71.2 Å². The van der Waals surface area contributed by atoms with E-state index in [4.69, 9.17) is 26.2 Å². The summed E-state index contributed by atoms with van der Waals surface area (Å²) in [5, 5.41) is 9.09. The number of benzene rings is 3. The van der Waals surface area contributed by atoms with E-state index >= 15 is 0 Å². The average molecular weight is 622 g/mol. The summed E-state index contributed by atoms with van der Waals surface area (Å²) in [6, 6.07) is 20.4. The fourth-order valence-corrected chi connectivity index (χ4v) is 4.46. The van der Waals surface area contributed by atoms with E-state index in [-0.39, 0.29) is 12.4 Å². The monoisotopic (exact) mass is 620 g/mol. The van der Waals surface area contributed by atoms with Gasteiger partial charge in [-0.1, -0.05) is 39.7 Å². The molecule has 0 bridgehead atoms. The summed E-state index contributed by atoms with van der Waals surface area (Å²) in [6.07, 6.45) is 0.361. The lowest BCUT2D eigenvalue weighted by Gasteiger charge is -2.14. The third-order valence-corrected chi connectivity index (χ3v) is 6.93. The Morgan fingerprint density at radius 3 is 2.45 bits per heavy atom. The topological polar surface area (TPSA) is 69.8 Å². The number of amides is 1. The van der Waals surface area contributed by atoms with E-state index in [1.807, 2.05) is 59.3 Å². The molecule has 202 valence electrons. The number of ether oxygens (including phenoxy) is 2. The van der Waals surface area contributed by atoms with E-state index in [1.165, 1.54) is 4.90 Å². The van der Waals surface area contributed by atoms with Gasteiger partial charge in [0.25, 0.3) is 0 Å².